The maximum Gasteiger partial charge on any atom is 0.186 e. The molecule has 28 heavy (non-hydrogen) atoms. The Morgan fingerprint density at radius 1 is 0.857 bits per heavy atom. The summed E-state index contributed by atoms with van der Waals surface area (Å²) in [6.07, 6.45) is -2.40. The van der Waals surface area contributed by atoms with Gasteiger partial charge in [-0.2, -0.15) is 0 Å². The molecule has 6 nitrogen and oxygen atoms in total. The van der Waals surface area contributed by atoms with Crippen LogP contribution in [-0.4, -0.2) is 51.5 Å². The summed E-state index contributed by atoms with van der Waals surface area (Å²) in [6, 6.07) is 19.9. The highest BCUT2D eigenvalue weighted by atomic mass is 16.8. The Morgan fingerprint density at radius 2 is 1.57 bits per heavy atom. The largest absolute Gasteiger partial charge is 0.376 e. The molecule has 0 N–H and O–H groups in total. The predicted octanol–water partition coefficient (Wildman–Crippen LogP) is 3.07. The van der Waals surface area contributed by atoms with Crippen molar-refractivity contribution in [1.29, 1.82) is 0 Å². The zero-order valence-electron chi connectivity index (χ0n) is 16.1. The molecule has 2 aromatic carbocycles. The Kier molecular flexibility index (Phi) is 6.36. The van der Waals surface area contributed by atoms with E-state index < -0.39 is 18.7 Å². The molecule has 6 heteroatoms. The molecule has 6 atom stereocenters. The molecule has 150 valence electrons. The summed E-state index contributed by atoms with van der Waals surface area (Å²) >= 11 is 0. The summed E-state index contributed by atoms with van der Waals surface area (Å²) in [5, 5.41) is 0. The topological polar surface area (TPSA) is 55.4 Å². The predicted molar refractivity (Wildman–Crippen MR) is 101 cm³/mol. The van der Waals surface area contributed by atoms with Crippen LogP contribution in [0, 0.1) is 0 Å². The van der Waals surface area contributed by atoms with E-state index in [1.165, 1.54) is 0 Å². The number of ether oxygens (including phenoxy) is 6. The van der Waals surface area contributed by atoms with E-state index in [0.29, 0.717) is 13.2 Å². The van der Waals surface area contributed by atoms with Crippen molar-refractivity contribution in [3.05, 3.63) is 71.8 Å². The fourth-order valence-electron chi connectivity index (χ4n) is 3.73. The maximum absolute atomic E-state index is 6.25. The lowest BCUT2D eigenvalue weighted by Gasteiger charge is -2.48. The number of methoxy groups -OCH3 is 2. The number of hydrogen-bond acceptors (Lipinski definition) is 6. The first-order valence-electron chi connectivity index (χ1n) is 9.48. The molecule has 0 radical (unpaired) electrons. The van der Waals surface area contributed by atoms with Gasteiger partial charge in [0.2, 0.25) is 0 Å². The quantitative estimate of drug-likeness (QED) is 0.761. The van der Waals surface area contributed by atoms with Crippen LogP contribution >= 0.6 is 0 Å². The molecule has 0 aromatic heterocycles. The highest BCUT2D eigenvalue weighted by Crippen LogP contribution is 2.36. The normalized spacial score (nSPS) is 32.6. The Hall–Kier alpha value is -1.80. The van der Waals surface area contributed by atoms with E-state index in [1.54, 1.807) is 14.2 Å². The van der Waals surface area contributed by atoms with Crippen LogP contribution in [-0.2, 0) is 35.0 Å². The fraction of sp³-hybridized carbons (Fsp3) is 0.455. The van der Waals surface area contributed by atoms with Crippen molar-refractivity contribution >= 4 is 0 Å². The molecule has 0 unspecified atom stereocenters. The third kappa shape index (κ3) is 4.12. The zero-order chi connectivity index (χ0) is 19.3. The molecule has 4 rings (SSSR count). The van der Waals surface area contributed by atoms with Crippen molar-refractivity contribution in [2.75, 3.05) is 20.8 Å². The third-order valence-corrected chi connectivity index (χ3v) is 5.15. The number of hydrogen-bond donors (Lipinski definition) is 0. The van der Waals surface area contributed by atoms with E-state index in [2.05, 4.69) is 0 Å². The molecule has 0 spiro atoms. The van der Waals surface area contributed by atoms with Crippen LogP contribution in [0.5, 0.6) is 0 Å². The molecule has 2 fully saturated rings. The Bertz CT molecular complexity index is 718. The first-order chi connectivity index (χ1) is 13.8. The minimum Gasteiger partial charge on any atom is -0.376 e. The van der Waals surface area contributed by atoms with Crippen molar-refractivity contribution < 1.29 is 28.4 Å². The lowest BCUT2D eigenvalue weighted by atomic mass is 9.97. The van der Waals surface area contributed by atoms with Crippen LogP contribution in [0.3, 0.4) is 0 Å². The third-order valence-electron chi connectivity index (χ3n) is 5.15. The monoisotopic (exact) mass is 386 g/mol. The van der Waals surface area contributed by atoms with Crippen LogP contribution in [0.4, 0.5) is 0 Å². The van der Waals surface area contributed by atoms with Crippen molar-refractivity contribution in [3.63, 3.8) is 0 Å². The molecule has 2 aliphatic heterocycles. The highest BCUT2D eigenvalue weighted by Gasteiger charge is 2.51. The second kappa shape index (κ2) is 9.13. The van der Waals surface area contributed by atoms with E-state index >= 15 is 0 Å². The van der Waals surface area contributed by atoms with Crippen LogP contribution in [0.1, 0.15) is 17.4 Å². The molecular weight excluding hydrogens is 360 g/mol. The van der Waals surface area contributed by atoms with Gasteiger partial charge in [-0.3, -0.25) is 0 Å². The van der Waals surface area contributed by atoms with Crippen LogP contribution in [0.2, 0.25) is 0 Å². The van der Waals surface area contributed by atoms with E-state index in [9.17, 15) is 0 Å². The van der Waals surface area contributed by atoms with Crippen molar-refractivity contribution in [2.24, 2.45) is 0 Å². The van der Waals surface area contributed by atoms with Crippen molar-refractivity contribution in [3.8, 4) is 0 Å². The van der Waals surface area contributed by atoms with Crippen LogP contribution in [0.25, 0.3) is 0 Å². The molecule has 0 saturated carbocycles. The first-order valence-corrected chi connectivity index (χ1v) is 9.48. The fourth-order valence-corrected chi connectivity index (χ4v) is 3.73. The average Bonchev–Trinajstić information content (AvgIpc) is 2.77. The van der Waals surface area contributed by atoms with Gasteiger partial charge in [-0.05, 0) is 5.56 Å². The summed E-state index contributed by atoms with van der Waals surface area (Å²) in [7, 11) is 3.27. The Labute approximate surface area is 165 Å². The standard InChI is InChI=1S/C22H26O6/c1-23-19-18-17(14-26-21(28-18)16-11-7-4-8-12-16)27-22(24-2)20(19)25-13-15-9-5-3-6-10-15/h3-12,17-22H,13-14H2,1-2H3/t17-,18-,19+,20-,21-,22+/m1/s1. The summed E-state index contributed by atoms with van der Waals surface area (Å²) < 4.78 is 35.7. The minimum atomic E-state index is -0.560. The van der Waals surface area contributed by atoms with E-state index in [-0.39, 0.29) is 18.3 Å². The lowest BCUT2D eigenvalue weighted by Crippen LogP contribution is -2.63. The van der Waals surface area contributed by atoms with Crippen LogP contribution < -0.4 is 0 Å². The molecule has 2 heterocycles. The smallest absolute Gasteiger partial charge is 0.186 e. The molecule has 0 bridgehead atoms. The summed E-state index contributed by atoms with van der Waals surface area (Å²) in [6.45, 7) is 0.833. The van der Waals surface area contributed by atoms with Crippen molar-refractivity contribution in [2.45, 2.75) is 43.6 Å². The van der Waals surface area contributed by atoms with Crippen molar-refractivity contribution in [1.82, 2.24) is 0 Å². The van der Waals surface area contributed by atoms with Gasteiger partial charge in [0.1, 0.15) is 24.4 Å². The molecule has 0 amide bonds. The number of fused-ring (bicyclic) bond motifs is 1. The SMILES string of the molecule is CO[C@H]1O[C@@H]2CO[C@@H](c3ccccc3)O[C@H]2[C@H](OC)[C@H]1OCc1ccccc1. The molecule has 2 aliphatic rings. The first kappa shape index (κ1) is 19.5. The second-order valence-corrected chi connectivity index (χ2v) is 6.92. The lowest BCUT2D eigenvalue weighted by molar-refractivity contribution is -0.366. The van der Waals surface area contributed by atoms with Crippen LogP contribution in [0.15, 0.2) is 60.7 Å². The van der Waals surface area contributed by atoms with Gasteiger partial charge in [-0.15, -0.1) is 0 Å². The van der Waals surface area contributed by atoms with Gasteiger partial charge in [0.05, 0.1) is 13.2 Å². The summed E-state index contributed by atoms with van der Waals surface area (Å²) in [5.74, 6) is 0. The van der Waals surface area contributed by atoms with Gasteiger partial charge in [0.25, 0.3) is 0 Å². The second-order valence-electron chi connectivity index (χ2n) is 6.92. The molecular formula is C22H26O6. The van der Waals surface area contributed by atoms with Gasteiger partial charge in [0, 0.05) is 19.8 Å². The summed E-state index contributed by atoms with van der Waals surface area (Å²) in [4.78, 5) is 0. The van der Waals surface area contributed by atoms with E-state index in [1.807, 2.05) is 60.7 Å². The van der Waals surface area contributed by atoms with E-state index in [0.717, 1.165) is 11.1 Å². The number of benzene rings is 2. The molecule has 2 aromatic rings. The van der Waals surface area contributed by atoms with Gasteiger partial charge < -0.3 is 28.4 Å². The van der Waals surface area contributed by atoms with Gasteiger partial charge in [-0.1, -0.05) is 60.7 Å². The zero-order valence-corrected chi connectivity index (χ0v) is 16.1. The molecule has 0 aliphatic carbocycles. The number of rotatable bonds is 6. The van der Waals surface area contributed by atoms with Gasteiger partial charge >= 0.3 is 0 Å². The Morgan fingerprint density at radius 3 is 2.25 bits per heavy atom. The van der Waals surface area contributed by atoms with E-state index in [4.69, 9.17) is 28.4 Å². The Balaban J connectivity index is 1.50. The van der Waals surface area contributed by atoms with Gasteiger partial charge in [-0.25, -0.2) is 0 Å². The average molecular weight is 386 g/mol. The molecule has 2 saturated heterocycles. The van der Waals surface area contributed by atoms with Gasteiger partial charge in [0.15, 0.2) is 12.6 Å². The maximum atomic E-state index is 6.25. The summed E-state index contributed by atoms with van der Waals surface area (Å²) in [5.41, 5.74) is 2.04. The minimum absolute atomic E-state index is 0.286. The highest BCUT2D eigenvalue weighted by molar-refractivity contribution is 5.17.